The topological polar surface area (TPSA) is 43.4 Å². The van der Waals surface area contributed by atoms with E-state index in [1.54, 1.807) is 0 Å². The average Bonchev–Trinajstić information content (AvgIpc) is 2.95. The Morgan fingerprint density at radius 2 is 2.24 bits per heavy atom. The van der Waals surface area contributed by atoms with E-state index in [1.807, 2.05) is 12.4 Å². The average molecular weight is 290 g/mol. The largest absolute Gasteiger partial charge is 0.381 e. The van der Waals surface area contributed by atoms with Gasteiger partial charge in [-0.05, 0) is 49.3 Å². The highest BCUT2D eigenvalue weighted by Gasteiger charge is 2.25. The van der Waals surface area contributed by atoms with Gasteiger partial charge in [0.05, 0.1) is 12.2 Å². The van der Waals surface area contributed by atoms with Gasteiger partial charge in [-0.15, -0.1) is 0 Å². The monoisotopic (exact) mass is 290 g/mol. The van der Waals surface area contributed by atoms with Crippen LogP contribution in [0.1, 0.15) is 49.8 Å². The summed E-state index contributed by atoms with van der Waals surface area (Å²) in [6, 6.07) is 2.71. The molecule has 3 rings (SSSR count). The fraction of sp³-hybridized carbons (Fsp3) is 0.706. The number of pyridine rings is 1. The maximum absolute atomic E-state index is 6.36. The lowest BCUT2D eigenvalue weighted by Crippen LogP contribution is -2.40. The van der Waals surface area contributed by atoms with E-state index in [1.165, 1.54) is 11.1 Å². The molecule has 1 aliphatic carbocycles. The first-order valence-electron chi connectivity index (χ1n) is 8.26. The first kappa shape index (κ1) is 14.9. The minimum absolute atomic E-state index is 0.254. The molecule has 1 aliphatic heterocycles. The van der Waals surface area contributed by atoms with Crippen LogP contribution in [0.5, 0.6) is 0 Å². The Labute approximate surface area is 127 Å². The first-order valence-corrected chi connectivity index (χ1v) is 8.26. The van der Waals surface area contributed by atoms with Gasteiger partial charge in [0.25, 0.3) is 0 Å². The van der Waals surface area contributed by atoms with Gasteiger partial charge in [-0.3, -0.25) is 4.98 Å². The Morgan fingerprint density at radius 1 is 1.38 bits per heavy atom. The van der Waals surface area contributed by atoms with Gasteiger partial charge in [0.2, 0.25) is 0 Å². The summed E-state index contributed by atoms with van der Waals surface area (Å²) in [4.78, 5) is 4.21. The van der Waals surface area contributed by atoms with E-state index >= 15 is 0 Å². The molecule has 116 valence electrons. The van der Waals surface area contributed by atoms with Gasteiger partial charge in [-0.1, -0.05) is 6.92 Å². The maximum atomic E-state index is 6.36. The highest BCUT2D eigenvalue weighted by atomic mass is 16.5. The van der Waals surface area contributed by atoms with Crippen LogP contribution in [0.25, 0.3) is 0 Å². The zero-order valence-electron chi connectivity index (χ0n) is 12.9. The van der Waals surface area contributed by atoms with Crippen molar-refractivity contribution in [2.75, 3.05) is 19.8 Å². The number of rotatable bonds is 6. The Morgan fingerprint density at radius 3 is 3.05 bits per heavy atom. The summed E-state index contributed by atoms with van der Waals surface area (Å²) in [5.74, 6) is 0. The van der Waals surface area contributed by atoms with Crippen LogP contribution in [0.4, 0.5) is 0 Å². The number of nitrogens with one attached hydrogen (secondary N) is 1. The molecular weight excluding hydrogens is 264 g/mol. The molecule has 2 heterocycles. The minimum atomic E-state index is 0.254. The molecule has 2 aliphatic rings. The Balaban J connectivity index is 1.50. The lowest BCUT2D eigenvalue weighted by atomic mass is 10.1. The predicted octanol–water partition coefficient (Wildman–Crippen LogP) is 2.63. The molecular formula is C17H26N2O2. The lowest BCUT2D eigenvalue weighted by molar-refractivity contribution is -0.0171. The molecule has 0 aromatic carbocycles. The molecule has 0 spiro atoms. The molecule has 4 heteroatoms. The van der Waals surface area contributed by atoms with Gasteiger partial charge in [-0.25, -0.2) is 0 Å². The van der Waals surface area contributed by atoms with Crippen molar-refractivity contribution in [2.24, 2.45) is 0 Å². The molecule has 1 fully saturated rings. The molecule has 0 radical (unpaired) electrons. The molecule has 0 saturated carbocycles. The molecule has 4 nitrogen and oxygen atoms in total. The number of hydrogen-bond acceptors (Lipinski definition) is 4. The molecule has 2 unspecified atom stereocenters. The van der Waals surface area contributed by atoms with Crippen LogP contribution in [0, 0.1) is 0 Å². The van der Waals surface area contributed by atoms with Crippen molar-refractivity contribution in [3.8, 4) is 0 Å². The summed E-state index contributed by atoms with van der Waals surface area (Å²) in [6.07, 6.45) is 9.88. The van der Waals surface area contributed by atoms with E-state index < -0.39 is 0 Å². The standard InChI is InChI=1S/C17H26N2O2/c1-2-15(12-19-14-6-9-20-10-7-14)21-17-4-3-13-11-18-8-5-16(13)17/h5,8,11,14-15,17,19H,2-4,6-7,9-10,12H2,1H3. The summed E-state index contributed by atoms with van der Waals surface area (Å²) in [5.41, 5.74) is 2.70. The fourth-order valence-corrected chi connectivity index (χ4v) is 3.27. The second-order valence-electron chi connectivity index (χ2n) is 6.06. The Hall–Kier alpha value is -0.970. The molecule has 0 amide bonds. The van der Waals surface area contributed by atoms with Crippen LogP contribution >= 0.6 is 0 Å². The minimum Gasteiger partial charge on any atom is -0.381 e. The molecule has 21 heavy (non-hydrogen) atoms. The third-order valence-electron chi connectivity index (χ3n) is 4.63. The van der Waals surface area contributed by atoms with Gasteiger partial charge in [0, 0.05) is 38.2 Å². The third-order valence-corrected chi connectivity index (χ3v) is 4.63. The van der Waals surface area contributed by atoms with Gasteiger partial charge >= 0.3 is 0 Å². The van der Waals surface area contributed by atoms with Gasteiger partial charge in [0.15, 0.2) is 0 Å². The number of aromatic nitrogens is 1. The van der Waals surface area contributed by atoms with Crippen molar-refractivity contribution in [1.29, 1.82) is 0 Å². The van der Waals surface area contributed by atoms with E-state index in [0.29, 0.717) is 6.04 Å². The summed E-state index contributed by atoms with van der Waals surface area (Å²) in [7, 11) is 0. The SMILES string of the molecule is CCC(CNC1CCOCC1)OC1CCc2cnccc21. The van der Waals surface area contributed by atoms with Crippen molar-refractivity contribution >= 4 is 0 Å². The van der Waals surface area contributed by atoms with Gasteiger partial charge < -0.3 is 14.8 Å². The van der Waals surface area contributed by atoms with Gasteiger partial charge in [0.1, 0.15) is 0 Å². The van der Waals surface area contributed by atoms with E-state index in [4.69, 9.17) is 9.47 Å². The number of hydrogen-bond donors (Lipinski definition) is 1. The fourth-order valence-electron chi connectivity index (χ4n) is 3.27. The Kier molecular flexibility index (Phi) is 5.22. The van der Waals surface area contributed by atoms with Crippen LogP contribution < -0.4 is 5.32 Å². The third kappa shape index (κ3) is 3.82. The molecule has 1 saturated heterocycles. The van der Waals surface area contributed by atoms with Crippen molar-refractivity contribution in [3.05, 3.63) is 29.6 Å². The zero-order valence-corrected chi connectivity index (χ0v) is 12.9. The van der Waals surface area contributed by atoms with Crippen molar-refractivity contribution < 1.29 is 9.47 Å². The summed E-state index contributed by atoms with van der Waals surface area (Å²) in [6.45, 7) is 4.92. The number of fused-ring (bicyclic) bond motifs is 1. The van der Waals surface area contributed by atoms with E-state index in [2.05, 4.69) is 23.3 Å². The van der Waals surface area contributed by atoms with Crippen molar-refractivity contribution in [2.45, 2.75) is 57.3 Å². The van der Waals surface area contributed by atoms with Crippen LogP contribution in [-0.2, 0) is 15.9 Å². The quantitative estimate of drug-likeness (QED) is 0.874. The lowest BCUT2D eigenvalue weighted by Gasteiger charge is -2.27. The first-order chi connectivity index (χ1) is 10.4. The molecule has 2 atom stereocenters. The molecule has 0 bridgehead atoms. The summed E-state index contributed by atoms with van der Waals surface area (Å²) < 4.78 is 11.8. The maximum Gasteiger partial charge on any atom is 0.0836 e. The summed E-state index contributed by atoms with van der Waals surface area (Å²) >= 11 is 0. The number of nitrogens with zero attached hydrogens (tertiary/aromatic N) is 1. The number of ether oxygens (including phenoxy) is 2. The van der Waals surface area contributed by atoms with Crippen LogP contribution in [0.15, 0.2) is 18.5 Å². The highest BCUT2D eigenvalue weighted by molar-refractivity contribution is 5.30. The second kappa shape index (κ2) is 7.34. The summed E-state index contributed by atoms with van der Waals surface area (Å²) in [5, 5.41) is 3.65. The van der Waals surface area contributed by atoms with Crippen LogP contribution in [-0.4, -0.2) is 36.9 Å². The predicted molar refractivity (Wildman–Crippen MR) is 82.3 cm³/mol. The van der Waals surface area contributed by atoms with Crippen LogP contribution in [0.3, 0.4) is 0 Å². The molecule has 1 aromatic heterocycles. The normalized spacial score (nSPS) is 24.0. The van der Waals surface area contributed by atoms with E-state index in [-0.39, 0.29) is 12.2 Å². The van der Waals surface area contributed by atoms with Gasteiger partial charge in [-0.2, -0.15) is 0 Å². The van der Waals surface area contributed by atoms with Crippen molar-refractivity contribution in [3.63, 3.8) is 0 Å². The Bertz CT molecular complexity index is 446. The molecule has 1 aromatic rings. The van der Waals surface area contributed by atoms with Crippen LogP contribution in [0.2, 0.25) is 0 Å². The molecule has 1 N–H and O–H groups in total. The highest BCUT2D eigenvalue weighted by Crippen LogP contribution is 2.34. The van der Waals surface area contributed by atoms with Crippen molar-refractivity contribution in [1.82, 2.24) is 10.3 Å². The number of aryl methyl sites for hydroxylation is 1. The second-order valence-corrected chi connectivity index (χ2v) is 6.06. The van der Waals surface area contributed by atoms with E-state index in [0.717, 1.165) is 51.9 Å². The smallest absolute Gasteiger partial charge is 0.0836 e. The van der Waals surface area contributed by atoms with E-state index in [9.17, 15) is 0 Å². The zero-order chi connectivity index (χ0) is 14.5.